The molecule has 2 aromatic carbocycles. The molecule has 0 bridgehead atoms. The van der Waals surface area contributed by atoms with E-state index in [2.05, 4.69) is 21.8 Å². The molecule has 29 heavy (non-hydrogen) atoms. The van der Waals surface area contributed by atoms with E-state index in [4.69, 9.17) is 21.7 Å². The maximum absolute atomic E-state index is 5.94. The lowest BCUT2D eigenvalue weighted by atomic mass is 10.2. The summed E-state index contributed by atoms with van der Waals surface area (Å²) in [5.74, 6) is 1.62. The topological polar surface area (TPSA) is 60.3 Å². The second-order valence-corrected chi connectivity index (χ2v) is 7.05. The van der Waals surface area contributed by atoms with Gasteiger partial charge in [0, 0.05) is 13.7 Å². The van der Waals surface area contributed by atoms with Gasteiger partial charge in [0.2, 0.25) is 0 Å². The van der Waals surface area contributed by atoms with E-state index < -0.39 is 0 Å². The number of benzene rings is 2. The summed E-state index contributed by atoms with van der Waals surface area (Å²) in [7, 11) is 1.66. The van der Waals surface area contributed by atoms with Gasteiger partial charge in [-0.25, -0.2) is 0 Å². The summed E-state index contributed by atoms with van der Waals surface area (Å²) in [5, 5.41) is 11.6. The van der Waals surface area contributed by atoms with Crippen molar-refractivity contribution >= 4 is 23.0 Å². The highest BCUT2D eigenvalue weighted by Crippen LogP contribution is 2.24. The van der Waals surface area contributed by atoms with Gasteiger partial charge in [0.05, 0.1) is 30.2 Å². The maximum atomic E-state index is 5.94. The first-order valence-corrected chi connectivity index (χ1v) is 9.87. The van der Waals surface area contributed by atoms with Crippen LogP contribution in [0.3, 0.4) is 0 Å². The van der Waals surface area contributed by atoms with Gasteiger partial charge in [-0.05, 0) is 55.9 Å². The Balaban J connectivity index is 1.69. The zero-order valence-corrected chi connectivity index (χ0v) is 17.8. The molecule has 0 spiro atoms. The van der Waals surface area contributed by atoms with Gasteiger partial charge < -0.3 is 20.1 Å². The Kier molecular flexibility index (Phi) is 7.21. The van der Waals surface area contributed by atoms with E-state index in [1.54, 1.807) is 7.11 Å². The Hall–Kier alpha value is -2.90. The minimum absolute atomic E-state index is 0.561. The highest BCUT2D eigenvalue weighted by molar-refractivity contribution is 7.80. The number of hydrogen-bond acceptors (Lipinski definition) is 4. The van der Waals surface area contributed by atoms with Crippen LogP contribution in [0.1, 0.15) is 17.0 Å². The molecule has 0 fully saturated rings. The van der Waals surface area contributed by atoms with Crippen molar-refractivity contribution in [3.8, 4) is 11.5 Å². The lowest BCUT2D eigenvalue weighted by molar-refractivity contribution is 0.204. The van der Waals surface area contributed by atoms with Crippen LogP contribution in [0.2, 0.25) is 0 Å². The van der Waals surface area contributed by atoms with Gasteiger partial charge in [-0.2, -0.15) is 5.10 Å². The van der Waals surface area contributed by atoms with Crippen LogP contribution in [-0.4, -0.2) is 35.2 Å². The summed E-state index contributed by atoms with van der Waals surface area (Å²) in [6, 6.07) is 17.8. The highest BCUT2D eigenvalue weighted by Gasteiger charge is 2.13. The monoisotopic (exact) mass is 410 g/mol. The van der Waals surface area contributed by atoms with Crippen molar-refractivity contribution in [2.75, 3.05) is 25.6 Å². The molecule has 0 unspecified atom stereocenters. The summed E-state index contributed by atoms with van der Waals surface area (Å²) in [5.41, 5.74) is 3.95. The van der Waals surface area contributed by atoms with Gasteiger partial charge in [0.1, 0.15) is 11.5 Å². The van der Waals surface area contributed by atoms with E-state index in [0.29, 0.717) is 24.8 Å². The van der Waals surface area contributed by atoms with Gasteiger partial charge in [-0.1, -0.05) is 30.3 Å². The highest BCUT2D eigenvalue weighted by atomic mass is 32.1. The van der Waals surface area contributed by atoms with Crippen molar-refractivity contribution in [3.05, 3.63) is 71.5 Å². The fourth-order valence-corrected chi connectivity index (χ4v) is 3.17. The second-order valence-electron chi connectivity index (χ2n) is 6.64. The quantitative estimate of drug-likeness (QED) is 0.427. The van der Waals surface area contributed by atoms with Crippen LogP contribution >= 0.6 is 12.2 Å². The van der Waals surface area contributed by atoms with Crippen LogP contribution < -0.4 is 15.4 Å². The first-order valence-electron chi connectivity index (χ1n) is 9.46. The summed E-state index contributed by atoms with van der Waals surface area (Å²) in [4.78, 5) is 0. The molecule has 2 N–H and O–H groups in total. The molecular formula is C22H26N4O2S. The third-order valence-corrected chi connectivity index (χ3v) is 4.67. The van der Waals surface area contributed by atoms with Crippen molar-refractivity contribution in [3.63, 3.8) is 0 Å². The number of ether oxygens (including phenoxy) is 2. The largest absolute Gasteiger partial charge is 0.457 e. The van der Waals surface area contributed by atoms with Crippen molar-refractivity contribution in [1.29, 1.82) is 0 Å². The summed E-state index contributed by atoms with van der Waals surface area (Å²) < 4.78 is 12.9. The number of aryl methyl sites for hydroxylation is 1. The normalized spacial score (nSPS) is 10.6. The van der Waals surface area contributed by atoms with Crippen LogP contribution in [-0.2, 0) is 11.3 Å². The van der Waals surface area contributed by atoms with E-state index in [-0.39, 0.29) is 0 Å². The smallest absolute Gasteiger partial charge is 0.170 e. The molecule has 7 heteroatoms. The predicted octanol–water partition coefficient (Wildman–Crippen LogP) is 4.27. The lowest BCUT2D eigenvalue weighted by Crippen LogP contribution is -2.31. The summed E-state index contributed by atoms with van der Waals surface area (Å²) >= 11 is 5.36. The van der Waals surface area contributed by atoms with Crippen LogP contribution in [0.5, 0.6) is 11.5 Å². The fourth-order valence-electron chi connectivity index (χ4n) is 2.96. The Morgan fingerprint density at radius 3 is 2.59 bits per heavy atom. The van der Waals surface area contributed by atoms with Crippen LogP contribution in [0.4, 0.5) is 5.69 Å². The number of nitrogens with one attached hydrogen (secondary N) is 2. The van der Waals surface area contributed by atoms with Crippen molar-refractivity contribution < 1.29 is 9.47 Å². The molecule has 1 aromatic heterocycles. The van der Waals surface area contributed by atoms with E-state index in [9.17, 15) is 0 Å². The average molecular weight is 411 g/mol. The van der Waals surface area contributed by atoms with E-state index in [1.807, 2.05) is 67.1 Å². The predicted molar refractivity (Wildman–Crippen MR) is 120 cm³/mol. The third kappa shape index (κ3) is 5.79. The van der Waals surface area contributed by atoms with E-state index >= 15 is 0 Å². The molecule has 6 nitrogen and oxygen atoms in total. The number of thiocarbonyl (C=S) groups is 1. The zero-order valence-electron chi connectivity index (χ0n) is 16.9. The Morgan fingerprint density at radius 1 is 1.07 bits per heavy atom. The first-order chi connectivity index (χ1) is 14.1. The van der Waals surface area contributed by atoms with Crippen molar-refractivity contribution in [1.82, 2.24) is 15.1 Å². The molecule has 0 saturated carbocycles. The van der Waals surface area contributed by atoms with E-state index in [0.717, 1.165) is 34.1 Å². The standard InChI is InChI=1S/C22H26N4O2S/c1-16-21(24-22(29)23-12-13-27-3)17(2)26(25-16)15-18-8-7-11-20(14-18)28-19-9-5-4-6-10-19/h4-11,14H,12-13,15H2,1-3H3,(H2,23,24,29). The Labute approximate surface area is 176 Å². The van der Waals surface area contributed by atoms with Gasteiger partial charge >= 0.3 is 0 Å². The summed E-state index contributed by atoms with van der Waals surface area (Å²) in [6.45, 7) is 5.90. The zero-order chi connectivity index (χ0) is 20.6. The molecule has 0 aliphatic heterocycles. The lowest BCUT2D eigenvalue weighted by Gasteiger charge is -2.11. The van der Waals surface area contributed by atoms with Gasteiger partial charge in [0.25, 0.3) is 0 Å². The van der Waals surface area contributed by atoms with Crippen molar-refractivity contribution in [2.45, 2.75) is 20.4 Å². The number of hydrogen-bond donors (Lipinski definition) is 2. The molecule has 0 aliphatic rings. The van der Waals surface area contributed by atoms with Gasteiger partial charge in [0.15, 0.2) is 5.11 Å². The number of methoxy groups -OCH3 is 1. The minimum Gasteiger partial charge on any atom is -0.457 e. The molecule has 0 amide bonds. The summed E-state index contributed by atoms with van der Waals surface area (Å²) in [6.07, 6.45) is 0. The Bertz CT molecular complexity index is 957. The van der Waals surface area contributed by atoms with Gasteiger partial charge in [-0.3, -0.25) is 4.68 Å². The first kappa shape index (κ1) is 20.8. The number of rotatable bonds is 8. The maximum Gasteiger partial charge on any atom is 0.170 e. The molecule has 3 rings (SSSR count). The average Bonchev–Trinajstić information content (AvgIpc) is 2.96. The molecule has 152 valence electrons. The van der Waals surface area contributed by atoms with Crippen LogP contribution in [0.25, 0.3) is 0 Å². The second kappa shape index (κ2) is 10.0. The number of nitrogens with zero attached hydrogens (tertiary/aromatic N) is 2. The van der Waals surface area contributed by atoms with E-state index in [1.165, 1.54) is 0 Å². The molecule has 0 radical (unpaired) electrons. The number of aromatic nitrogens is 2. The SMILES string of the molecule is COCCNC(=S)Nc1c(C)nn(Cc2cccc(Oc3ccccc3)c2)c1C. The minimum atomic E-state index is 0.561. The third-order valence-electron chi connectivity index (χ3n) is 4.42. The molecular weight excluding hydrogens is 384 g/mol. The fraction of sp³-hybridized carbons (Fsp3) is 0.273. The van der Waals surface area contributed by atoms with Crippen LogP contribution in [0.15, 0.2) is 54.6 Å². The molecule has 0 aliphatic carbocycles. The molecule has 3 aromatic rings. The van der Waals surface area contributed by atoms with Crippen LogP contribution in [0, 0.1) is 13.8 Å². The molecule has 0 atom stereocenters. The molecule has 0 saturated heterocycles. The Morgan fingerprint density at radius 2 is 1.83 bits per heavy atom. The number of anilines is 1. The van der Waals surface area contributed by atoms with Gasteiger partial charge in [-0.15, -0.1) is 0 Å². The molecule has 1 heterocycles. The number of para-hydroxylation sites is 1. The van der Waals surface area contributed by atoms with Crippen molar-refractivity contribution in [2.24, 2.45) is 0 Å².